The van der Waals surface area contributed by atoms with Gasteiger partial charge in [-0.3, -0.25) is 0 Å². The SMILES string of the molecule is CCS(=O)(=NS(=O)(=O)Cl)c1ccoc1C. The third-order valence-corrected chi connectivity index (χ3v) is 5.83. The lowest BCUT2D eigenvalue weighted by Crippen LogP contribution is -2.06. The molecule has 0 fully saturated rings. The largest absolute Gasteiger partial charge is 0.468 e. The van der Waals surface area contributed by atoms with Crippen LogP contribution in [0, 0.1) is 6.92 Å². The Morgan fingerprint density at radius 1 is 1.47 bits per heavy atom. The van der Waals surface area contributed by atoms with Crippen LogP contribution in [0.5, 0.6) is 0 Å². The second kappa shape index (κ2) is 4.15. The van der Waals surface area contributed by atoms with Gasteiger partial charge in [0, 0.05) is 16.4 Å². The molecule has 0 spiro atoms. The van der Waals surface area contributed by atoms with Gasteiger partial charge in [0.2, 0.25) is 0 Å². The summed E-state index contributed by atoms with van der Waals surface area (Å²) in [5, 5.41) is 0. The normalized spacial score (nSPS) is 15.9. The minimum Gasteiger partial charge on any atom is -0.468 e. The highest BCUT2D eigenvalue weighted by molar-refractivity contribution is 8.17. The molecule has 0 saturated heterocycles. The fourth-order valence-corrected chi connectivity index (χ4v) is 4.89. The Hall–Kier alpha value is -0.530. The summed E-state index contributed by atoms with van der Waals surface area (Å²) in [5.41, 5.74) is 0. The minimum absolute atomic E-state index is 0.0549. The standard InChI is InChI=1S/C7H10ClNO4S2/c1-3-14(10,9-15(8,11)12)7-4-5-13-6(7)2/h4-5H,3H2,1-2H3. The molecule has 8 heteroatoms. The Balaban J connectivity index is 3.51. The molecule has 1 unspecified atom stereocenters. The monoisotopic (exact) mass is 271 g/mol. The highest BCUT2D eigenvalue weighted by atomic mass is 35.7. The average molecular weight is 272 g/mol. The highest BCUT2D eigenvalue weighted by Gasteiger charge is 2.19. The zero-order valence-corrected chi connectivity index (χ0v) is 10.5. The van der Waals surface area contributed by atoms with Crippen molar-refractivity contribution in [2.24, 2.45) is 3.77 Å². The summed E-state index contributed by atoms with van der Waals surface area (Å²) in [6.07, 6.45) is 1.33. The summed E-state index contributed by atoms with van der Waals surface area (Å²) in [4.78, 5) is 0.272. The van der Waals surface area contributed by atoms with E-state index >= 15 is 0 Å². The predicted molar refractivity (Wildman–Crippen MR) is 57.6 cm³/mol. The van der Waals surface area contributed by atoms with Gasteiger partial charge in [-0.2, -0.15) is 8.42 Å². The first kappa shape index (κ1) is 12.5. The molecule has 1 aromatic heterocycles. The molecule has 0 N–H and O–H groups in total. The first-order chi connectivity index (χ1) is 6.78. The summed E-state index contributed by atoms with van der Waals surface area (Å²) >= 11 is 0. The molecule has 0 aromatic carbocycles. The summed E-state index contributed by atoms with van der Waals surface area (Å²) in [7, 11) is -2.23. The molecule has 1 rings (SSSR count). The number of aryl methyl sites for hydroxylation is 1. The van der Waals surface area contributed by atoms with E-state index in [1.54, 1.807) is 13.8 Å². The molecule has 0 bridgehead atoms. The third kappa shape index (κ3) is 2.96. The van der Waals surface area contributed by atoms with Crippen LogP contribution in [0.1, 0.15) is 12.7 Å². The van der Waals surface area contributed by atoms with Gasteiger partial charge in [0.05, 0.1) is 20.9 Å². The van der Waals surface area contributed by atoms with Gasteiger partial charge in [-0.05, 0) is 13.0 Å². The lowest BCUT2D eigenvalue weighted by atomic mass is 10.5. The van der Waals surface area contributed by atoms with Crippen molar-refractivity contribution in [1.29, 1.82) is 0 Å². The van der Waals surface area contributed by atoms with Crippen LogP contribution in [0.2, 0.25) is 0 Å². The number of hydrogen-bond donors (Lipinski definition) is 0. The van der Waals surface area contributed by atoms with Gasteiger partial charge in [0.25, 0.3) is 0 Å². The van der Waals surface area contributed by atoms with Gasteiger partial charge in [-0.15, -0.1) is 0 Å². The highest BCUT2D eigenvalue weighted by Crippen LogP contribution is 2.21. The molecule has 86 valence electrons. The smallest absolute Gasteiger partial charge is 0.347 e. The topological polar surface area (TPSA) is 76.7 Å². The molecule has 1 atom stereocenters. The van der Waals surface area contributed by atoms with Crippen LogP contribution in [0.4, 0.5) is 0 Å². The number of hydrogen-bond acceptors (Lipinski definition) is 4. The zero-order chi connectivity index (χ0) is 11.7. The number of nitrogens with zero attached hydrogens (tertiary/aromatic N) is 1. The fraction of sp³-hybridized carbons (Fsp3) is 0.429. The zero-order valence-electron chi connectivity index (χ0n) is 8.14. The number of rotatable bonds is 3. The van der Waals surface area contributed by atoms with Crippen LogP contribution in [0.25, 0.3) is 0 Å². The number of halogens is 1. The van der Waals surface area contributed by atoms with E-state index in [1.807, 2.05) is 0 Å². The maximum absolute atomic E-state index is 12.2. The third-order valence-electron chi connectivity index (χ3n) is 1.76. The van der Waals surface area contributed by atoms with E-state index < -0.39 is 19.0 Å². The molecule has 0 radical (unpaired) electrons. The molecular weight excluding hydrogens is 262 g/mol. The van der Waals surface area contributed by atoms with Crippen LogP contribution in [-0.4, -0.2) is 18.4 Å². The van der Waals surface area contributed by atoms with Crippen molar-refractivity contribution in [2.75, 3.05) is 5.75 Å². The van der Waals surface area contributed by atoms with Crippen LogP contribution >= 0.6 is 10.7 Å². The van der Waals surface area contributed by atoms with Crippen molar-refractivity contribution < 1.29 is 17.0 Å². The Morgan fingerprint density at radius 3 is 2.40 bits per heavy atom. The van der Waals surface area contributed by atoms with E-state index in [0.717, 1.165) is 0 Å². The van der Waals surface area contributed by atoms with Crippen molar-refractivity contribution in [3.05, 3.63) is 18.1 Å². The Morgan fingerprint density at radius 2 is 2.07 bits per heavy atom. The van der Waals surface area contributed by atoms with Gasteiger partial charge in [-0.25, -0.2) is 4.21 Å². The van der Waals surface area contributed by atoms with E-state index in [2.05, 4.69) is 3.77 Å². The maximum Gasteiger partial charge on any atom is 0.347 e. The molecule has 0 amide bonds. The van der Waals surface area contributed by atoms with Gasteiger partial charge in [0.1, 0.15) is 5.76 Å². The Labute approximate surface area is 93.2 Å². The first-order valence-corrected chi connectivity index (χ1v) is 7.98. The van der Waals surface area contributed by atoms with Crippen molar-refractivity contribution in [1.82, 2.24) is 0 Å². The van der Waals surface area contributed by atoms with Crippen LogP contribution in [-0.2, 0) is 19.0 Å². The van der Waals surface area contributed by atoms with Gasteiger partial charge >= 0.3 is 9.24 Å². The van der Waals surface area contributed by atoms with E-state index in [9.17, 15) is 12.6 Å². The van der Waals surface area contributed by atoms with Crippen LogP contribution < -0.4 is 0 Å². The van der Waals surface area contributed by atoms with Crippen molar-refractivity contribution in [3.8, 4) is 0 Å². The molecule has 0 aliphatic heterocycles. The summed E-state index contributed by atoms with van der Waals surface area (Å²) < 4.78 is 41.9. The van der Waals surface area contributed by atoms with Crippen molar-refractivity contribution in [3.63, 3.8) is 0 Å². The Bertz CT molecular complexity index is 566. The summed E-state index contributed by atoms with van der Waals surface area (Å²) in [6, 6.07) is 1.44. The average Bonchev–Trinajstić information content (AvgIpc) is 2.48. The second-order valence-electron chi connectivity index (χ2n) is 2.76. The quantitative estimate of drug-likeness (QED) is 0.787. The first-order valence-electron chi connectivity index (χ1n) is 4.03. The summed E-state index contributed by atoms with van der Waals surface area (Å²) in [6.45, 7) is 3.15. The van der Waals surface area contributed by atoms with Gasteiger partial charge < -0.3 is 4.42 Å². The van der Waals surface area contributed by atoms with E-state index in [0.29, 0.717) is 5.76 Å². The lowest BCUT2D eigenvalue weighted by Gasteiger charge is -2.03. The molecule has 0 saturated carbocycles. The molecule has 1 aromatic rings. The molecule has 15 heavy (non-hydrogen) atoms. The van der Waals surface area contributed by atoms with Gasteiger partial charge in [0.15, 0.2) is 0 Å². The number of furan rings is 1. The fourth-order valence-electron chi connectivity index (χ4n) is 1.10. The maximum atomic E-state index is 12.2. The molecule has 5 nitrogen and oxygen atoms in total. The minimum atomic E-state index is -4.16. The van der Waals surface area contributed by atoms with Crippen LogP contribution in [0.3, 0.4) is 0 Å². The summed E-state index contributed by atoms with van der Waals surface area (Å²) in [5.74, 6) is 0.435. The van der Waals surface area contributed by atoms with Crippen LogP contribution in [0.15, 0.2) is 25.4 Å². The van der Waals surface area contributed by atoms with Crippen molar-refractivity contribution >= 4 is 29.6 Å². The predicted octanol–water partition coefficient (Wildman–Crippen LogP) is 1.92. The molecular formula is C7H10ClNO4S2. The van der Waals surface area contributed by atoms with Gasteiger partial charge in [-0.1, -0.05) is 10.7 Å². The Kier molecular flexibility index (Phi) is 3.47. The lowest BCUT2D eigenvalue weighted by molar-refractivity contribution is 0.525. The van der Waals surface area contributed by atoms with E-state index in [1.165, 1.54) is 12.3 Å². The van der Waals surface area contributed by atoms with E-state index in [-0.39, 0.29) is 10.6 Å². The van der Waals surface area contributed by atoms with Crippen molar-refractivity contribution in [2.45, 2.75) is 18.7 Å². The molecule has 1 heterocycles. The van der Waals surface area contributed by atoms with E-state index in [4.69, 9.17) is 15.1 Å². The molecule has 0 aliphatic rings. The molecule has 0 aliphatic carbocycles. The second-order valence-corrected chi connectivity index (χ2v) is 7.65.